The summed E-state index contributed by atoms with van der Waals surface area (Å²) in [5.41, 5.74) is 1.48. The van der Waals surface area contributed by atoms with Crippen LogP contribution in [-0.2, 0) is 14.8 Å². The van der Waals surface area contributed by atoms with Crippen LogP contribution in [0.1, 0.15) is 25.8 Å². The van der Waals surface area contributed by atoms with Gasteiger partial charge in [-0.15, -0.1) is 11.8 Å². The molecule has 1 atom stereocenters. The molecule has 1 amide bonds. The highest BCUT2D eigenvalue weighted by Gasteiger charge is 2.27. The molecule has 0 heterocycles. The standard InChI is InChI=1S/C20H26N2O3S2/c1-5-16(3)21-20(23)14-22(17-8-6-15(2)7-9-17)27(24,25)19-12-10-18(26-4)11-13-19/h6-13,16H,5,14H2,1-4H3,(H,21,23). The van der Waals surface area contributed by atoms with Crippen molar-refractivity contribution in [3.05, 3.63) is 54.1 Å². The van der Waals surface area contributed by atoms with Crippen LogP contribution in [-0.4, -0.2) is 33.2 Å². The third kappa shape index (κ3) is 5.49. The van der Waals surface area contributed by atoms with Gasteiger partial charge in [-0.2, -0.15) is 0 Å². The molecule has 0 spiro atoms. The van der Waals surface area contributed by atoms with Crippen molar-refractivity contribution in [1.29, 1.82) is 0 Å². The first-order chi connectivity index (χ1) is 12.8. The van der Waals surface area contributed by atoms with E-state index >= 15 is 0 Å². The Kier molecular flexibility index (Phi) is 7.33. The number of anilines is 1. The number of aryl methyl sites for hydroxylation is 1. The number of nitrogens with one attached hydrogen (secondary N) is 1. The van der Waals surface area contributed by atoms with Crippen LogP contribution in [0.2, 0.25) is 0 Å². The van der Waals surface area contributed by atoms with Crippen LogP contribution in [0.4, 0.5) is 5.69 Å². The normalized spacial score (nSPS) is 12.4. The number of carbonyl (C=O) groups excluding carboxylic acids is 1. The van der Waals surface area contributed by atoms with Gasteiger partial charge in [0.2, 0.25) is 5.91 Å². The Morgan fingerprint density at radius 2 is 1.70 bits per heavy atom. The van der Waals surface area contributed by atoms with Crippen molar-refractivity contribution in [3.8, 4) is 0 Å². The van der Waals surface area contributed by atoms with Crippen molar-refractivity contribution in [2.75, 3.05) is 17.1 Å². The maximum absolute atomic E-state index is 13.2. The van der Waals surface area contributed by atoms with Crippen molar-refractivity contribution in [3.63, 3.8) is 0 Å². The van der Waals surface area contributed by atoms with E-state index in [1.54, 1.807) is 48.2 Å². The van der Waals surface area contributed by atoms with E-state index in [-0.39, 0.29) is 23.4 Å². The molecule has 0 saturated carbocycles. The number of sulfonamides is 1. The molecular formula is C20H26N2O3S2. The van der Waals surface area contributed by atoms with Crippen LogP contribution in [0.3, 0.4) is 0 Å². The molecule has 0 saturated heterocycles. The van der Waals surface area contributed by atoms with Gasteiger partial charge in [-0.25, -0.2) is 8.42 Å². The molecule has 2 aromatic carbocycles. The highest BCUT2D eigenvalue weighted by Crippen LogP contribution is 2.25. The van der Waals surface area contributed by atoms with Crippen LogP contribution in [0.25, 0.3) is 0 Å². The van der Waals surface area contributed by atoms with Crippen molar-refractivity contribution in [2.45, 2.75) is 43.0 Å². The highest BCUT2D eigenvalue weighted by molar-refractivity contribution is 7.98. The number of hydrogen-bond donors (Lipinski definition) is 1. The summed E-state index contributed by atoms with van der Waals surface area (Å²) in [6, 6.07) is 13.8. The van der Waals surface area contributed by atoms with E-state index in [2.05, 4.69) is 5.32 Å². The first-order valence-corrected chi connectivity index (χ1v) is 11.5. The van der Waals surface area contributed by atoms with Crippen LogP contribution in [0.15, 0.2) is 58.3 Å². The van der Waals surface area contributed by atoms with Crippen LogP contribution in [0.5, 0.6) is 0 Å². The lowest BCUT2D eigenvalue weighted by atomic mass is 10.2. The average molecular weight is 407 g/mol. The number of nitrogens with zero attached hydrogens (tertiary/aromatic N) is 1. The maximum atomic E-state index is 13.2. The monoisotopic (exact) mass is 406 g/mol. The minimum atomic E-state index is -3.87. The average Bonchev–Trinajstić information content (AvgIpc) is 2.66. The molecule has 146 valence electrons. The van der Waals surface area contributed by atoms with Crippen LogP contribution >= 0.6 is 11.8 Å². The smallest absolute Gasteiger partial charge is 0.264 e. The quantitative estimate of drug-likeness (QED) is 0.677. The zero-order chi connectivity index (χ0) is 20.0. The van der Waals surface area contributed by atoms with E-state index in [1.807, 2.05) is 39.2 Å². The number of amides is 1. The first kappa shape index (κ1) is 21.3. The Morgan fingerprint density at radius 1 is 1.11 bits per heavy atom. The van der Waals surface area contributed by atoms with Crippen LogP contribution in [0, 0.1) is 6.92 Å². The van der Waals surface area contributed by atoms with E-state index in [0.29, 0.717) is 5.69 Å². The largest absolute Gasteiger partial charge is 0.352 e. The number of hydrogen-bond acceptors (Lipinski definition) is 4. The van der Waals surface area contributed by atoms with Gasteiger partial charge in [-0.3, -0.25) is 9.10 Å². The second-order valence-electron chi connectivity index (χ2n) is 6.40. The lowest BCUT2D eigenvalue weighted by Gasteiger charge is -2.25. The Balaban J connectivity index is 2.40. The van der Waals surface area contributed by atoms with Crippen molar-refractivity contribution >= 4 is 33.4 Å². The Morgan fingerprint density at radius 3 is 2.22 bits per heavy atom. The maximum Gasteiger partial charge on any atom is 0.264 e. The molecule has 2 aromatic rings. The first-order valence-electron chi connectivity index (χ1n) is 8.80. The Labute approximate surface area is 166 Å². The van der Waals surface area contributed by atoms with Gasteiger partial charge in [0.25, 0.3) is 10.0 Å². The number of benzene rings is 2. The molecule has 1 N–H and O–H groups in total. The van der Waals surface area contributed by atoms with Gasteiger partial charge in [-0.1, -0.05) is 24.6 Å². The summed E-state index contributed by atoms with van der Waals surface area (Å²) in [6.07, 6.45) is 2.71. The van der Waals surface area contributed by atoms with Gasteiger partial charge < -0.3 is 5.32 Å². The molecule has 0 aliphatic heterocycles. The SMILES string of the molecule is CCC(C)NC(=O)CN(c1ccc(C)cc1)S(=O)(=O)c1ccc(SC)cc1. The third-order valence-corrected chi connectivity index (χ3v) is 6.81. The number of carbonyl (C=O) groups is 1. The second-order valence-corrected chi connectivity index (χ2v) is 9.14. The number of rotatable bonds is 8. The molecule has 7 heteroatoms. The van der Waals surface area contributed by atoms with E-state index in [1.165, 1.54) is 0 Å². The fraction of sp³-hybridized carbons (Fsp3) is 0.350. The fourth-order valence-corrected chi connectivity index (χ4v) is 4.28. The zero-order valence-corrected chi connectivity index (χ0v) is 17.7. The Bertz CT molecular complexity index is 863. The lowest BCUT2D eigenvalue weighted by Crippen LogP contribution is -2.43. The molecule has 27 heavy (non-hydrogen) atoms. The molecule has 0 aliphatic carbocycles. The molecule has 5 nitrogen and oxygen atoms in total. The summed E-state index contributed by atoms with van der Waals surface area (Å²) in [6.45, 7) is 5.52. The van der Waals surface area contributed by atoms with Gasteiger partial charge in [0.05, 0.1) is 10.6 Å². The van der Waals surface area contributed by atoms with Crippen molar-refractivity contribution < 1.29 is 13.2 Å². The topological polar surface area (TPSA) is 66.5 Å². The minimum Gasteiger partial charge on any atom is -0.352 e. The molecule has 1 unspecified atom stereocenters. The van der Waals surface area contributed by atoms with Gasteiger partial charge in [0.15, 0.2) is 0 Å². The summed E-state index contributed by atoms with van der Waals surface area (Å²) in [5.74, 6) is -0.325. The summed E-state index contributed by atoms with van der Waals surface area (Å²) < 4.78 is 27.7. The fourth-order valence-electron chi connectivity index (χ4n) is 2.45. The van der Waals surface area contributed by atoms with Crippen molar-refractivity contribution in [1.82, 2.24) is 5.32 Å². The molecule has 0 aromatic heterocycles. The van der Waals surface area contributed by atoms with Crippen LogP contribution < -0.4 is 9.62 Å². The Hall–Kier alpha value is -1.99. The molecule has 2 rings (SSSR count). The van der Waals surface area contributed by atoms with E-state index in [4.69, 9.17) is 0 Å². The second kappa shape index (κ2) is 9.28. The molecule has 0 fully saturated rings. The van der Waals surface area contributed by atoms with E-state index in [0.717, 1.165) is 21.2 Å². The molecule has 0 radical (unpaired) electrons. The third-order valence-electron chi connectivity index (χ3n) is 4.28. The predicted molar refractivity (Wildman–Crippen MR) is 112 cm³/mol. The zero-order valence-electron chi connectivity index (χ0n) is 16.1. The summed E-state index contributed by atoms with van der Waals surface area (Å²) in [5, 5.41) is 2.83. The summed E-state index contributed by atoms with van der Waals surface area (Å²) in [4.78, 5) is 13.6. The number of thioether (sulfide) groups is 1. The van der Waals surface area contributed by atoms with Gasteiger partial charge in [0, 0.05) is 10.9 Å². The molecular weight excluding hydrogens is 380 g/mol. The minimum absolute atomic E-state index is 0.0130. The highest BCUT2D eigenvalue weighted by atomic mass is 32.2. The van der Waals surface area contributed by atoms with Gasteiger partial charge in [-0.05, 0) is 62.9 Å². The van der Waals surface area contributed by atoms with Gasteiger partial charge in [0.1, 0.15) is 6.54 Å². The molecule has 0 aliphatic rings. The van der Waals surface area contributed by atoms with Crippen molar-refractivity contribution in [2.24, 2.45) is 0 Å². The molecule has 0 bridgehead atoms. The van der Waals surface area contributed by atoms with E-state index < -0.39 is 10.0 Å². The van der Waals surface area contributed by atoms with E-state index in [9.17, 15) is 13.2 Å². The summed E-state index contributed by atoms with van der Waals surface area (Å²) >= 11 is 1.54. The lowest BCUT2D eigenvalue weighted by molar-refractivity contribution is -0.120. The van der Waals surface area contributed by atoms with Gasteiger partial charge >= 0.3 is 0 Å². The summed E-state index contributed by atoms with van der Waals surface area (Å²) in [7, 11) is -3.87. The predicted octanol–water partition coefficient (Wildman–Crippen LogP) is 3.83.